The molecule has 7 nitrogen and oxygen atoms in total. The summed E-state index contributed by atoms with van der Waals surface area (Å²) >= 11 is 0. The summed E-state index contributed by atoms with van der Waals surface area (Å²) in [6.07, 6.45) is 2.27. The minimum atomic E-state index is -0.939. The molecule has 112 valence electrons. The molecule has 2 N–H and O–H groups in total. The first-order valence-corrected chi connectivity index (χ1v) is 6.84. The molecule has 0 bridgehead atoms. The van der Waals surface area contributed by atoms with Crippen LogP contribution in [0.25, 0.3) is 5.65 Å². The summed E-state index contributed by atoms with van der Waals surface area (Å²) < 4.78 is 1.43. The second-order valence-corrected chi connectivity index (χ2v) is 4.92. The van der Waals surface area contributed by atoms with Gasteiger partial charge < -0.3 is 10.4 Å². The van der Waals surface area contributed by atoms with E-state index in [0.717, 1.165) is 0 Å². The molecule has 2 aromatic heterocycles. The van der Waals surface area contributed by atoms with E-state index in [1.807, 2.05) is 13.8 Å². The third kappa shape index (κ3) is 2.72. The second kappa shape index (κ2) is 5.90. The summed E-state index contributed by atoms with van der Waals surface area (Å²) in [5, 5.41) is 16.1. The number of rotatable bonds is 6. The third-order valence-electron chi connectivity index (χ3n) is 3.93. The normalized spacial score (nSPS) is 11.5. The number of aliphatic carboxylic acids is 1. The average Bonchev–Trinajstić information content (AvgIpc) is 2.96. The van der Waals surface area contributed by atoms with Gasteiger partial charge in [0.15, 0.2) is 5.65 Å². The molecule has 0 aliphatic rings. The number of carboxylic acids is 1. The maximum absolute atomic E-state index is 12.3. The minimum absolute atomic E-state index is 0.0826. The lowest BCUT2D eigenvalue weighted by molar-refractivity contribution is -0.149. The predicted octanol–water partition coefficient (Wildman–Crippen LogP) is 1.35. The van der Waals surface area contributed by atoms with E-state index in [0.29, 0.717) is 24.2 Å². The molecule has 0 aliphatic heterocycles. The highest BCUT2D eigenvalue weighted by Crippen LogP contribution is 2.25. The Morgan fingerprint density at radius 2 is 2.05 bits per heavy atom. The zero-order valence-electron chi connectivity index (χ0n) is 12.0. The summed E-state index contributed by atoms with van der Waals surface area (Å²) in [4.78, 5) is 27.7. The van der Waals surface area contributed by atoms with Gasteiger partial charge in [0.1, 0.15) is 12.0 Å². The molecule has 2 rings (SSSR count). The van der Waals surface area contributed by atoms with Crippen molar-refractivity contribution in [2.75, 3.05) is 6.54 Å². The topological polar surface area (TPSA) is 96.6 Å². The number of nitrogens with one attached hydrogen (secondary N) is 1. The monoisotopic (exact) mass is 290 g/mol. The molecule has 0 saturated heterocycles. The highest BCUT2D eigenvalue weighted by molar-refractivity contribution is 5.93. The van der Waals surface area contributed by atoms with Crippen LogP contribution >= 0.6 is 0 Å². The molecule has 0 aromatic carbocycles. The Bertz CT molecular complexity index is 661. The van der Waals surface area contributed by atoms with Crippen molar-refractivity contribution in [2.24, 2.45) is 5.41 Å². The Morgan fingerprint density at radius 3 is 2.67 bits per heavy atom. The Balaban J connectivity index is 2.18. The van der Waals surface area contributed by atoms with Crippen LogP contribution in [-0.2, 0) is 4.79 Å². The molecule has 0 atom stereocenters. The fourth-order valence-electron chi connectivity index (χ4n) is 2.24. The van der Waals surface area contributed by atoms with Gasteiger partial charge in [0.2, 0.25) is 0 Å². The number of amides is 1. The number of hydrogen-bond acceptors (Lipinski definition) is 4. The van der Waals surface area contributed by atoms with Gasteiger partial charge in [-0.3, -0.25) is 9.59 Å². The van der Waals surface area contributed by atoms with E-state index in [1.54, 1.807) is 18.2 Å². The Kier molecular flexibility index (Phi) is 4.21. The number of nitrogens with zero attached hydrogens (tertiary/aromatic N) is 3. The zero-order valence-corrected chi connectivity index (χ0v) is 12.0. The summed E-state index contributed by atoms with van der Waals surface area (Å²) in [5.74, 6) is -1.26. The Hall–Kier alpha value is -2.44. The van der Waals surface area contributed by atoms with Crippen LogP contribution in [0.15, 0.2) is 24.5 Å². The van der Waals surface area contributed by atoms with Crippen LogP contribution in [0.1, 0.15) is 37.2 Å². The standard InChI is InChI=1S/C14H18N4O3/c1-3-14(4-2,13(20)21)8-15-12(19)10-6-5-7-11-16-9-17-18(10)11/h5-7,9H,3-4,8H2,1-2H3,(H,15,19)(H,20,21). The molecular formula is C14H18N4O3. The van der Waals surface area contributed by atoms with E-state index in [2.05, 4.69) is 15.4 Å². The number of aromatic nitrogens is 3. The zero-order chi connectivity index (χ0) is 15.5. The molecule has 0 unspecified atom stereocenters. The SMILES string of the molecule is CCC(CC)(CNC(=O)c1cccc2ncnn12)C(=O)O. The van der Waals surface area contributed by atoms with Crippen molar-refractivity contribution in [1.29, 1.82) is 0 Å². The molecule has 21 heavy (non-hydrogen) atoms. The van der Waals surface area contributed by atoms with Crippen LogP contribution in [0.3, 0.4) is 0 Å². The van der Waals surface area contributed by atoms with Crippen LogP contribution in [0.4, 0.5) is 0 Å². The lowest BCUT2D eigenvalue weighted by atomic mass is 9.82. The van der Waals surface area contributed by atoms with Gasteiger partial charge in [0, 0.05) is 6.54 Å². The molecule has 0 fully saturated rings. The Morgan fingerprint density at radius 1 is 1.33 bits per heavy atom. The smallest absolute Gasteiger partial charge is 0.311 e. The fraction of sp³-hybridized carbons (Fsp3) is 0.429. The summed E-state index contributed by atoms with van der Waals surface area (Å²) in [5.41, 5.74) is -0.0408. The number of carboxylic acid groups (broad SMARTS) is 1. The van der Waals surface area contributed by atoms with Gasteiger partial charge in [0.05, 0.1) is 5.41 Å². The first kappa shape index (κ1) is 15.0. The van der Waals surface area contributed by atoms with Crippen molar-refractivity contribution in [1.82, 2.24) is 19.9 Å². The molecule has 0 aliphatic carbocycles. The van der Waals surface area contributed by atoms with Crippen LogP contribution < -0.4 is 5.32 Å². The largest absolute Gasteiger partial charge is 0.481 e. The van der Waals surface area contributed by atoms with Gasteiger partial charge >= 0.3 is 5.97 Å². The number of carbonyl (C=O) groups excluding carboxylic acids is 1. The molecule has 0 spiro atoms. The first-order chi connectivity index (χ1) is 10.0. The third-order valence-corrected chi connectivity index (χ3v) is 3.93. The van der Waals surface area contributed by atoms with Crippen molar-refractivity contribution in [3.05, 3.63) is 30.2 Å². The van der Waals surface area contributed by atoms with Crippen LogP contribution in [-0.4, -0.2) is 38.1 Å². The number of fused-ring (bicyclic) bond motifs is 1. The predicted molar refractivity (Wildman–Crippen MR) is 76.0 cm³/mol. The highest BCUT2D eigenvalue weighted by atomic mass is 16.4. The van der Waals surface area contributed by atoms with Gasteiger partial charge in [-0.05, 0) is 25.0 Å². The number of hydrogen-bond donors (Lipinski definition) is 2. The van der Waals surface area contributed by atoms with E-state index in [9.17, 15) is 14.7 Å². The maximum Gasteiger partial charge on any atom is 0.311 e. The van der Waals surface area contributed by atoms with E-state index >= 15 is 0 Å². The summed E-state index contributed by atoms with van der Waals surface area (Å²) in [6, 6.07) is 5.07. The highest BCUT2D eigenvalue weighted by Gasteiger charge is 2.35. The van der Waals surface area contributed by atoms with Gasteiger partial charge in [-0.25, -0.2) is 9.50 Å². The van der Waals surface area contributed by atoms with E-state index < -0.39 is 11.4 Å². The van der Waals surface area contributed by atoms with E-state index in [1.165, 1.54) is 10.8 Å². The Labute approximate surface area is 122 Å². The fourth-order valence-corrected chi connectivity index (χ4v) is 2.24. The quantitative estimate of drug-likeness (QED) is 0.837. The van der Waals surface area contributed by atoms with Crippen LogP contribution in [0, 0.1) is 5.41 Å². The molecule has 7 heteroatoms. The van der Waals surface area contributed by atoms with Gasteiger partial charge in [-0.15, -0.1) is 0 Å². The molecule has 2 aromatic rings. The molecule has 0 radical (unpaired) electrons. The molecule has 0 saturated carbocycles. The molecule has 1 amide bonds. The maximum atomic E-state index is 12.3. The number of pyridine rings is 1. The van der Waals surface area contributed by atoms with Gasteiger partial charge in [0.25, 0.3) is 5.91 Å². The first-order valence-electron chi connectivity index (χ1n) is 6.84. The van der Waals surface area contributed by atoms with Crippen molar-refractivity contribution in [2.45, 2.75) is 26.7 Å². The lowest BCUT2D eigenvalue weighted by Crippen LogP contribution is -2.42. The molecular weight excluding hydrogens is 272 g/mol. The van der Waals surface area contributed by atoms with Gasteiger partial charge in [-0.1, -0.05) is 19.9 Å². The van der Waals surface area contributed by atoms with Crippen LogP contribution in [0.2, 0.25) is 0 Å². The van der Waals surface area contributed by atoms with Crippen molar-refractivity contribution < 1.29 is 14.7 Å². The van der Waals surface area contributed by atoms with Crippen molar-refractivity contribution >= 4 is 17.5 Å². The summed E-state index contributed by atoms with van der Waals surface area (Å²) in [7, 11) is 0. The van der Waals surface area contributed by atoms with E-state index in [4.69, 9.17) is 0 Å². The van der Waals surface area contributed by atoms with E-state index in [-0.39, 0.29) is 12.5 Å². The number of carbonyl (C=O) groups is 2. The second-order valence-electron chi connectivity index (χ2n) is 4.92. The van der Waals surface area contributed by atoms with Gasteiger partial charge in [-0.2, -0.15) is 5.10 Å². The van der Waals surface area contributed by atoms with Crippen molar-refractivity contribution in [3.8, 4) is 0 Å². The molecule has 2 heterocycles. The summed E-state index contributed by atoms with van der Waals surface area (Å²) in [6.45, 7) is 3.70. The minimum Gasteiger partial charge on any atom is -0.481 e. The lowest BCUT2D eigenvalue weighted by Gasteiger charge is -2.26. The van der Waals surface area contributed by atoms with Crippen molar-refractivity contribution in [3.63, 3.8) is 0 Å². The average molecular weight is 290 g/mol. The van der Waals surface area contributed by atoms with Crippen LogP contribution in [0.5, 0.6) is 0 Å².